The van der Waals surface area contributed by atoms with E-state index in [2.05, 4.69) is 17.4 Å². The lowest BCUT2D eigenvalue weighted by atomic mass is 10.1. The second-order valence-corrected chi connectivity index (χ2v) is 3.56. The summed E-state index contributed by atoms with van der Waals surface area (Å²) >= 11 is 3.90. The maximum Gasteiger partial charge on any atom is 0.387 e. The number of rotatable bonds is 4. The molecule has 0 saturated heterocycles. The van der Waals surface area contributed by atoms with Gasteiger partial charge >= 0.3 is 12.6 Å². The van der Waals surface area contributed by atoms with Crippen LogP contribution < -0.4 is 4.74 Å². The molecule has 0 aliphatic rings. The molecular formula is C11H9F2NO3S. The fourth-order valence-corrected chi connectivity index (χ4v) is 1.48. The molecule has 0 heterocycles. The maximum absolute atomic E-state index is 12.1. The number of esters is 1. The Hall–Kier alpha value is -1.81. The van der Waals surface area contributed by atoms with E-state index in [1.165, 1.54) is 6.07 Å². The van der Waals surface area contributed by atoms with Gasteiger partial charge in [0, 0.05) is 4.90 Å². The van der Waals surface area contributed by atoms with Crippen LogP contribution in [0.4, 0.5) is 8.78 Å². The van der Waals surface area contributed by atoms with Crippen LogP contribution in [-0.4, -0.2) is 19.2 Å². The third-order valence-electron chi connectivity index (χ3n) is 1.93. The number of hydrogen-bond acceptors (Lipinski definition) is 5. The fourth-order valence-electron chi connectivity index (χ4n) is 1.23. The number of ether oxygens (including phenoxy) is 2. The van der Waals surface area contributed by atoms with Gasteiger partial charge in [-0.3, -0.25) is 0 Å². The molecule has 0 fully saturated rings. The molecule has 0 spiro atoms. The van der Waals surface area contributed by atoms with Crippen LogP contribution in [0.2, 0.25) is 0 Å². The number of benzene rings is 1. The lowest BCUT2D eigenvalue weighted by Gasteiger charge is -2.10. The van der Waals surface area contributed by atoms with E-state index >= 15 is 0 Å². The van der Waals surface area contributed by atoms with Crippen molar-refractivity contribution < 1.29 is 23.0 Å². The van der Waals surface area contributed by atoms with Crippen LogP contribution in [0, 0.1) is 11.3 Å². The van der Waals surface area contributed by atoms with Crippen molar-refractivity contribution in [2.75, 3.05) is 6.61 Å². The summed E-state index contributed by atoms with van der Waals surface area (Å²) in [7, 11) is 0. The lowest BCUT2D eigenvalue weighted by Crippen LogP contribution is -2.09. The summed E-state index contributed by atoms with van der Waals surface area (Å²) in [6.45, 7) is -1.34. The third kappa shape index (κ3) is 3.34. The van der Waals surface area contributed by atoms with Crippen LogP contribution in [0.5, 0.6) is 5.75 Å². The Morgan fingerprint density at radius 1 is 1.56 bits per heavy atom. The lowest BCUT2D eigenvalue weighted by molar-refractivity contribution is -0.0517. The fraction of sp³-hybridized carbons (Fsp3) is 0.273. The van der Waals surface area contributed by atoms with Crippen molar-refractivity contribution in [2.45, 2.75) is 18.4 Å². The molecule has 4 nitrogen and oxygen atoms in total. The highest BCUT2D eigenvalue weighted by Crippen LogP contribution is 2.28. The largest absolute Gasteiger partial charge is 0.462 e. The van der Waals surface area contributed by atoms with Gasteiger partial charge in [0.1, 0.15) is 11.8 Å². The SMILES string of the molecule is CCOC(=O)c1cc(OC(F)F)c(S)cc1C#N. The second kappa shape index (κ2) is 6.21. The molecule has 1 aromatic rings. The molecule has 0 amide bonds. The van der Waals surface area contributed by atoms with Gasteiger partial charge in [0.2, 0.25) is 0 Å². The van der Waals surface area contributed by atoms with Gasteiger partial charge in [-0.2, -0.15) is 14.0 Å². The predicted molar refractivity (Wildman–Crippen MR) is 61.0 cm³/mol. The summed E-state index contributed by atoms with van der Waals surface area (Å²) in [5.41, 5.74) is -0.145. The van der Waals surface area contributed by atoms with E-state index in [9.17, 15) is 13.6 Å². The third-order valence-corrected chi connectivity index (χ3v) is 2.28. The maximum atomic E-state index is 12.1. The number of carbonyl (C=O) groups is 1. The van der Waals surface area contributed by atoms with Gasteiger partial charge in [-0.1, -0.05) is 0 Å². The number of alkyl halides is 2. The van der Waals surface area contributed by atoms with Crippen molar-refractivity contribution in [2.24, 2.45) is 0 Å². The van der Waals surface area contributed by atoms with E-state index in [4.69, 9.17) is 10.00 Å². The molecule has 0 bridgehead atoms. The van der Waals surface area contributed by atoms with Gasteiger partial charge in [0.25, 0.3) is 0 Å². The average molecular weight is 273 g/mol. The van der Waals surface area contributed by atoms with E-state index in [1.807, 2.05) is 0 Å². The molecule has 0 atom stereocenters. The Morgan fingerprint density at radius 3 is 2.72 bits per heavy atom. The molecule has 0 saturated carbocycles. The summed E-state index contributed by atoms with van der Waals surface area (Å²) in [6, 6.07) is 3.96. The highest BCUT2D eigenvalue weighted by molar-refractivity contribution is 7.80. The molecular weight excluding hydrogens is 264 g/mol. The normalized spacial score (nSPS) is 10.0. The number of nitrogens with zero attached hydrogens (tertiary/aromatic N) is 1. The van der Waals surface area contributed by atoms with Gasteiger partial charge in [0.15, 0.2) is 0 Å². The van der Waals surface area contributed by atoms with Crippen molar-refractivity contribution in [3.05, 3.63) is 23.3 Å². The number of halogens is 2. The Bertz CT molecular complexity index is 500. The minimum absolute atomic E-state index is 0.0138. The molecule has 1 rings (SSSR count). The first kappa shape index (κ1) is 14.3. The van der Waals surface area contributed by atoms with Crippen LogP contribution in [0.3, 0.4) is 0 Å². The average Bonchev–Trinajstić information content (AvgIpc) is 2.30. The van der Waals surface area contributed by atoms with Gasteiger partial charge in [-0.05, 0) is 19.1 Å². The molecule has 0 aromatic heterocycles. The summed E-state index contributed by atoms with van der Waals surface area (Å²) in [5.74, 6) is -1.06. The quantitative estimate of drug-likeness (QED) is 0.676. The Balaban J connectivity index is 3.22. The number of nitriles is 1. The summed E-state index contributed by atoms with van der Waals surface area (Å²) in [4.78, 5) is 11.6. The Kier molecular flexibility index (Phi) is 4.92. The highest BCUT2D eigenvalue weighted by atomic mass is 32.1. The van der Waals surface area contributed by atoms with Gasteiger partial charge in [-0.25, -0.2) is 4.79 Å². The van der Waals surface area contributed by atoms with Crippen LogP contribution in [0.1, 0.15) is 22.8 Å². The predicted octanol–water partition coefficient (Wildman–Crippen LogP) is 2.63. The smallest absolute Gasteiger partial charge is 0.387 e. The van der Waals surface area contributed by atoms with E-state index in [1.54, 1.807) is 13.0 Å². The van der Waals surface area contributed by atoms with Crippen molar-refractivity contribution in [1.29, 1.82) is 5.26 Å². The minimum Gasteiger partial charge on any atom is -0.462 e. The van der Waals surface area contributed by atoms with Crippen LogP contribution >= 0.6 is 12.6 Å². The second-order valence-electron chi connectivity index (χ2n) is 3.08. The van der Waals surface area contributed by atoms with Crippen LogP contribution in [0.25, 0.3) is 0 Å². The number of thiol groups is 1. The molecule has 0 aliphatic carbocycles. The standard InChI is InChI=1S/C11H9F2NO3S/c1-2-16-10(15)7-4-8(17-11(12)13)9(18)3-6(7)5-14/h3-4,11,18H,2H2,1H3. The van der Waals surface area contributed by atoms with E-state index in [-0.39, 0.29) is 28.4 Å². The summed E-state index contributed by atoms with van der Waals surface area (Å²) in [5, 5.41) is 8.85. The van der Waals surface area contributed by atoms with Crippen LogP contribution in [-0.2, 0) is 4.74 Å². The first-order valence-corrected chi connectivity index (χ1v) is 5.33. The zero-order valence-corrected chi connectivity index (χ0v) is 10.2. The van der Waals surface area contributed by atoms with Crippen LogP contribution in [0.15, 0.2) is 17.0 Å². The molecule has 7 heteroatoms. The molecule has 96 valence electrons. The molecule has 0 N–H and O–H groups in total. The summed E-state index contributed by atoms with van der Waals surface area (Å²) in [6.07, 6.45) is 0. The highest BCUT2D eigenvalue weighted by Gasteiger charge is 2.18. The summed E-state index contributed by atoms with van der Waals surface area (Å²) < 4.78 is 33.2. The van der Waals surface area contributed by atoms with E-state index in [0.29, 0.717) is 0 Å². The topological polar surface area (TPSA) is 59.3 Å². The van der Waals surface area contributed by atoms with Gasteiger partial charge < -0.3 is 9.47 Å². The zero-order valence-electron chi connectivity index (χ0n) is 9.31. The molecule has 0 aliphatic heterocycles. The monoisotopic (exact) mass is 273 g/mol. The van der Waals surface area contributed by atoms with Gasteiger partial charge in [-0.15, -0.1) is 12.6 Å². The number of hydrogen-bond donors (Lipinski definition) is 1. The first-order valence-electron chi connectivity index (χ1n) is 4.88. The van der Waals surface area contributed by atoms with E-state index in [0.717, 1.165) is 6.07 Å². The minimum atomic E-state index is -3.04. The van der Waals surface area contributed by atoms with Crippen molar-refractivity contribution in [3.63, 3.8) is 0 Å². The van der Waals surface area contributed by atoms with E-state index < -0.39 is 12.6 Å². The van der Waals surface area contributed by atoms with Gasteiger partial charge in [0.05, 0.1) is 17.7 Å². The molecule has 1 aromatic carbocycles. The molecule has 0 unspecified atom stereocenters. The molecule has 18 heavy (non-hydrogen) atoms. The zero-order chi connectivity index (χ0) is 13.7. The van der Waals surface area contributed by atoms with Crippen molar-refractivity contribution in [1.82, 2.24) is 0 Å². The van der Waals surface area contributed by atoms with Crippen molar-refractivity contribution >= 4 is 18.6 Å². The number of carbonyl (C=O) groups excluding carboxylic acids is 1. The van der Waals surface area contributed by atoms with Crippen molar-refractivity contribution in [3.8, 4) is 11.8 Å². The first-order chi connectivity index (χ1) is 8.49. The Labute approximate surface area is 108 Å². The Morgan fingerprint density at radius 2 is 2.22 bits per heavy atom. The molecule has 0 radical (unpaired) electrons.